The SMILES string of the molecule is CCN(C(C)=O)C1CCN(C2CCC3(C2)CN(C(=O)O)C3)CC1. The minimum atomic E-state index is -0.774. The van der Waals surface area contributed by atoms with Crippen LogP contribution in [-0.2, 0) is 4.79 Å². The molecule has 2 heterocycles. The lowest BCUT2D eigenvalue weighted by Gasteiger charge is -2.47. The van der Waals surface area contributed by atoms with Gasteiger partial charge in [0.2, 0.25) is 5.91 Å². The van der Waals surface area contributed by atoms with Crippen LogP contribution in [0.1, 0.15) is 46.0 Å². The summed E-state index contributed by atoms with van der Waals surface area (Å²) in [6, 6.07) is 1.01. The molecule has 1 aliphatic carbocycles. The van der Waals surface area contributed by atoms with Gasteiger partial charge in [-0.25, -0.2) is 4.79 Å². The highest BCUT2D eigenvalue weighted by Crippen LogP contribution is 2.47. The van der Waals surface area contributed by atoms with E-state index in [4.69, 9.17) is 5.11 Å². The molecule has 1 spiro atoms. The second-order valence-corrected chi connectivity index (χ2v) is 7.61. The first-order valence-corrected chi connectivity index (χ1v) is 8.93. The van der Waals surface area contributed by atoms with E-state index in [1.807, 2.05) is 4.90 Å². The normalized spacial score (nSPS) is 27.9. The monoisotopic (exact) mass is 323 g/mol. The van der Waals surface area contributed by atoms with E-state index in [-0.39, 0.29) is 11.3 Å². The van der Waals surface area contributed by atoms with Crippen LogP contribution in [0.25, 0.3) is 0 Å². The third-order valence-corrected chi connectivity index (χ3v) is 6.20. The summed E-state index contributed by atoms with van der Waals surface area (Å²) in [5, 5.41) is 9.02. The van der Waals surface area contributed by atoms with Crippen molar-refractivity contribution in [2.45, 2.75) is 58.0 Å². The molecule has 2 amide bonds. The number of nitrogens with zero attached hydrogens (tertiary/aromatic N) is 3. The van der Waals surface area contributed by atoms with Gasteiger partial charge in [-0.1, -0.05) is 0 Å². The topological polar surface area (TPSA) is 64.1 Å². The summed E-state index contributed by atoms with van der Waals surface area (Å²) in [6.45, 7) is 8.11. The molecule has 3 aliphatic rings. The molecule has 23 heavy (non-hydrogen) atoms. The Labute approximate surface area is 138 Å². The van der Waals surface area contributed by atoms with E-state index in [0.29, 0.717) is 12.1 Å². The second kappa shape index (κ2) is 6.30. The molecule has 3 rings (SSSR count). The highest BCUT2D eigenvalue weighted by atomic mass is 16.4. The van der Waals surface area contributed by atoms with Crippen molar-refractivity contribution >= 4 is 12.0 Å². The molecule has 130 valence electrons. The van der Waals surface area contributed by atoms with E-state index in [0.717, 1.165) is 58.4 Å². The Morgan fingerprint density at radius 2 is 1.87 bits per heavy atom. The van der Waals surface area contributed by atoms with Gasteiger partial charge >= 0.3 is 6.09 Å². The van der Waals surface area contributed by atoms with Crippen LogP contribution in [0.15, 0.2) is 0 Å². The van der Waals surface area contributed by atoms with Gasteiger partial charge < -0.3 is 19.8 Å². The summed E-state index contributed by atoms with van der Waals surface area (Å²) in [5.41, 5.74) is 0.259. The molecule has 1 N–H and O–H groups in total. The number of likely N-dealkylation sites (tertiary alicyclic amines) is 2. The van der Waals surface area contributed by atoms with Crippen molar-refractivity contribution in [3.05, 3.63) is 0 Å². The predicted molar refractivity (Wildman–Crippen MR) is 87.3 cm³/mol. The second-order valence-electron chi connectivity index (χ2n) is 7.61. The highest BCUT2D eigenvalue weighted by molar-refractivity contribution is 5.73. The van der Waals surface area contributed by atoms with Gasteiger partial charge in [0, 0.05) is 57.1 Å². The number of amides is 2. The van der Waals surface area contributed by atoms with Crippen LogP contribution in [-0.4, -0.2) is 76.6 Å². The van der Waals surface area contributed by atoms with Crippen LogP contribution in [0, 0.1) is 5.41 Å². The molecular formula is C17H29N3O3. The van der Waals surface area contributed by atoms with Crippen LogP contribution in [0.3, 0.4) is 0 Å². The van der Waals surface area contributed by atoms with E-state index in [1.165, 1.54) is 6.42 Å². The molecular weight excluding hydrogens is 294 g/mol. The van der Waals surface area contributed by atoms with E-state index < -0.39 is 6.09 Å². The van der Waals surface area contributed by atoms with E-state index in [2.05, 4.69) is 11.8 Å². The van der Waals surface area contributed by atoms with Crippen molar-refractivity contribution in [3.63, 3.8) is 0 Å². The number of rotatable bonds is 3. The first-order chi connectivity index (χ1) is 10.9. The number of hydrogen-bond acceptors (Lipinski definition) is 3. The van der Waals surface area contributed by atoms with Crippen LogP contribution in [0.2, 0.25) is 0 Å². The Hall–Kier alpha value is -1.30. The van der Waals surface area contributed by atoms with Gasteiger partial charge in [0.25, 0.3) is 0 Å². The Morgan fingerprint density at radius 1 is 1.22 bits per heavy atom. The summed E-state index contributed by atoms with van der Waals surface area (Å²) >= 11 is 0. The van der Waals surface area contributed by atoms with Gasteiger partial charge in [-0.2, -0.15) is 0 Å². The molecule has 1 saturated carbocycles. The predicted octanol–water partition coefficient (Wildman–Crippen LogP) is 1.85. The fourth-order valence-corrected chi connectivity index (χ4v) is 4.97. The van der Waals surface area contributed by atoms with Gasteiger partial charge in [0.05, 0.1) is 0 Å². The van der Waals surface area contributed by atoms with Crippen LogP contribution in [0.5, 0.6) is 0 Å². The maximum atomic E-state index is 11.7. The molecule has 2 saturated heterocycles. The Balaban J connectivity index is 1.48. The van der Waals surface area contributed by atoms with Crippen molar-refractivity contribution in [1.29, 1.82) is 0 Å². The van der Waals surface area contributed by atoms with Gasteiger partial charge in [-0.05, 0) is 39.0 Å². The van der Waals surface area contributed by atoms with E-state index in [9.17, 15) is 9.59 Å². The minimum absolute atomic E-state index is 0.189. The standard InChI is InChI=1S/C17H29N3O3/c1-3-20(13(2)21)14-5-8-18(9-6-14)15-4-7-17(10-15)11-19(12-17)16(22)23/h14-15H,3-12H2,1-2H3,(H,22,23). The number of carboxylic acid groups (broad SMARTS) is 1. The van der Waals surface area contributed by atoms with Crippen molar-refractivity contribution < 1.29 is 14.7 Å². The molecule has 0 aromatic carbocycles. The number of carbonyl (C=O) groups is 2. The molecule has 0 bridgehead atoms. The van der Waals surface area contributed by atoms with Crippen molar-refractivity contribution in [1.82, 2.24) is 14.7 Å². The maximum absolute atomic E-state index is 11.7. The summed E-state index contributed by atoms with van der Waals surface area (Å²) in [5.74, 6) is 0.189. The van der Waals surface area contributed by atoms with E-state index >= 15 is 0 Å². The van der Waals surface area contributed by atoms with Crippen molar-refractivity contribution in [3.8, 4) is 0 Å². The fraction of sp³-hybridized carbons (Fsp3) is 0.882. The lowest BCUT2D eigenvalue weighted by atomic mass is 9.78. The molecule has 0 radical (unpaired) electrons. The lowest BCUT2D eigenvalue weighted by molar-refractivity contribution is -0.132. The molecule has 2 aliphatic heterocycles. The van der Waals surface area contributed by atoms with E-state index in [1.54, 1.807) is 11.8 Å². The average molecular weight is 323 g/mol. The van der Waals surface area contributed by atoms with Gasteiger partial charge in [-0.3, -0.25) is 4.79 Å². The number of piperidine rings is 1. The molecule has 6 heteroatoms. The largest absolute Gasteiger partial charge is 0.465 e. The zero-order chi connectivity index (χ0) is 16.6. The third kappa shape index (κ3) is 3.18. The quantitative estimate of drug-likeness (QED) is 0.861. The maximum Gasteiger partial charge on any atom is 0.407 e. The van der Waals surface area contributed by atoms with Gasteiger partial charge in [0.1, 0.15) is 0 Å². The van der Waals surface area contributed by atoms with Gasteiger partial charge in [0.15, 0.2) is 0 Å². The molecule has 1 unspecified atom stereocenters. The number of carbonyl (C=O) groups excluding carboxylic acids is 1. The van der Waals surface area contributed by atoms with Crippen LogP contribution < -0.4 is 0 Å². The van der Waals surface area contributed by atoms with Gasteiger partial charge in [-0.15, -0.1) is 0 Å². The van der Waals surface area contributed by atoms with Crippen molar-refractivity contribution in [2.24, 2.45) is 5.41 Å². The zero-order valence-electron chi connectivity index (χ0n) is 14.3. The average Bonchev–Trinajstić information content (AvgIpc) is 2.92. The third-order valence-electron chi connectivity index (χ3n) is 6.20. The lowest BCUT2D eigenvalue weighted by Crippen LogP contribution is -2.57. The highest BCUT2D eigenvalue weighted by Gasteiger charge is 2.51. The van der Waals surface area contributed by atoms with Crippen LogP contribution in [0.4, 0.5) is 4.79 Å². The summed E-state index contributed by atoms with van der Waals surface area (Å²) in [4.78, 5) is 28.8. The summed E-state index contributed by atoms with van der Waals surface area (Å²) < 4.78 is 0. The Morgan fingerprint density at radius 3 is 2.39 bits per heavy atom. The Kier molecular flexibility index (Phi) is 4.54. The summed E-state index contributed by atoms with van der Waals surface area (Å²) in [7, 11) is 0. The zero-order valence-corrected chi connectivity index (χ0v) is 14.3. The number of hydrogen-bond donors (Lipinski definition) is 1. The van der Waals surface area contributed by atoms with Crippen molar-refractivity contribution in [2.75, 3.05) is 32.7 Å². The Bertz CT molecular complexity index is 468. The molecule has 0 aromatic heterocycles. The minimum Gasteiger partial charge on any atom is -0.465 e. The smallest absolute Gasteiger partial charge is 0.407 e. The molecule has 3 fully saturated rings. The molecule has 1 atom stereocenters. The fourth-order valence-electron chi connectivity index (χ4n) is 4.97. The molecule has 0 aromatic rings. The van der Waals surface area contributed by atoms with Crippen LogP contribution >= 0.6 is 0 Å². The molecule has 6 nitrogen and oxygen atoms in total. The first-order valence-electron chi connectivity index (χ1n) is 8.93. The summed E-state index contributed by atoms with van der Waals surface area (Å²) in [6.07, 6.45) is 4.86. The first kappa shape index (κ1) is 16.6.